The monoisotopic (exact) mass is 318 g/mol. The minimum Gasteiger partial charge on any atom is -0.391 e. The maximum absolute atomic E-state index is 12.1. The summed E-state index contributed by atoms with van der Waals surface area (Å²) in [6.45, 7) is 0.345. The summed E-state index contributed by atoms with van der Waals surface area (Å²) < 4.78 is 0. The number of carbonyl (C=O) groups is 1. The molecule has 1 aliphatic carbocycles. The summed E-state index contributed by atoms with van der Waals surface area (Å²) in [4.78, 5) is 22.0. The third kappa shape index (κ3) is 3.61. The standard InChI is InChI=1S/C15H18N4O2S/c1-19(8-13(20)10-4-5-10)15(21)18-14-17-12(9-22-14)11-3-2-6-16-7-11/h2-3,6-7,9-10,13,20H,4-5,8H2,1H3,(H,17,18,21). The molecule has 0 radical (unpaired) electrons. The van der Waals surface area contributed by atoms with Crippen LogP contribution in [0.2, 0.25) is 0 Å². The van der Waals surface area contributed by atoms with E-state index in [9.17, 15) is 9.90 Å². The Labute approximate surface area is 132 Å². The molecule has 0 aliphatic heterocycles. The molecule has 1 saturated carbocycles. The highest BCUT2D eigenvalue weighted by molar-refractivity contribution is 7.14. The predicted octanol–water partition coefficient (Wildman–Crippen LogP) is 2.44. The number of pyridine rings is 1. The van der Waals surface area contributed by atoms with Crippen LogP contribution in [0.4, 0.5) is 9.93 Å². The summed E-state index contributed by atoms with van der Waals surface area (Å²) in [5.74, 6) is 0.354. The van der Waals surface area contributed by atoms with Crippen LogP contribution in [0.25, 0.3) is 11.3 Å². The van der Waals surface area contributed by atoms with Crippen molar-refractivity contribution >= 4 is 22.5 Å². The van der Waals surface area contributed by atoms with Crippen LogP contribution >= 0.6 is 11.3 Å². The first-order valence-corrected chi connectivity index (χ1v) is 8.07. The van der Waals surface area contributed by atoms with Crippen LogP contribution in [0.1, 0.15) is 12.8 Å². The third-order valence-corrected chi connectivity index (χ3v) is 4.41. The molecule has 2 aromatic heterocycles. The maximum Gasteiger partial charge on any atom is 0.323 e. The number of hydrogen-bond acceptors (Lipinski definition) is 5. The highest BCUT2D eigenvalue weighted by atomic mass is 32.1. The van der Waals surface area contributed by atoms with Crippen LogP contribution < -0.4 is 5.32 Å². The van der Waals surface area contributed by atoms with E-state index in [2.05, 4.69) is 15.3 Å². The third-order valence-electron chi connectivity index (χ3n) is 3.65. The fourth-order valence-electron chi connectivity index (χ4n) is 2.16. The topological polar surface area (TPSA) is 78.4 Å². The van der Waals surface area contributed by atoms with E-state index in [1.54, 1.807) is 19.4 Å². The zero-order chi connectivity index (χ0) is 15.5. The molecule has 6 nitrogen and oxygen atoms in total. The van der Waals surface area contributed by atoms with Gasteiger partial charge in [0.15, 0.2) is 5.13 Å². The first kappa shape index (κ1) is 14.9. The molecule has 1 unspecified atom stereocenters. The lowest BCUT2D eigenvalue weighted by atomic mass is 10.2. The lowest BCUT2D eigenvalue weighted by Crippen LogP contribution is -2.37. The number of rotatable bonds is 5. The summed E-state index contributed by atoms with van der Waals surface area (Å²) in [5.41, 5.74) is 1.70. The van der Waals surface area contributed by atoms with Crippen LogP contribution in [0.15, 0.2) is 29.9 Å². The molecule has 0 spiro atoms. The lowest BCUT2D eigenvalue weighted by molar-refractivity contribution is 0.117. The molecule has 116 valence electrons. The molecular formula is C15H18N4O2S. The summed E-state index contributed by atoms with van der Waals surface area (Å²) >= 11 is 1.37. The number of anilines is 1. The van der Waals surface area contributed by atoms with Crippen molar-refractivity contribution in [1.82, 2.24) is 14.9 Å². The molecule has 0 saturated heterocycles. The lowest BCUT2D eigenvalue weighted by Gasteiger charge is -2.20. The van der Waals surface area contributed by atoms with Crippen LogP contribution in [-0.2, 0) is 0 Å². The predicted molar refractivity (Wildman–Crippen MR) is 85.7 cm³/mol. The molecule has 1 aliphatic rings. The Morgan fingerprint density at radius 3 is 3.09 bits per heavy atom. The quantitative estimate of drug-likeness (QED) is 0.887. The Morgan fingerprint density at radius 1 is 1.59 bits per heavy atom. The number of urea groups is 1. The van der Waals surface area contributed by atoms with Gasteiger partial charge in [0.2, 0.25) is 0 Å². The highest BCUT2D eigenvalue weighted by Gasteiger charge is 2.31. The minimum atomic E-state index is -0.432. The van der Waals surface area contributed by atoms with E-state index in [1.807, 2.05) is 17.5 Å². The smallest absolute Gasteiger partial charge is 0.323 e. The molecular weight excluding hydrogens is 300 g/mol. The van der Waals surface area contributed by atoms with Gasteiger partial charge in [-0.15, -0.1) is 11.3 Å². The number of amides is 2. The van der Waals surface area contributed by atoms with Gasteiger partial charge in [-0.25, -0.2) is 9.78 Å². The molecule has 1 fully saturated rings. The van der Waals surface area contributed by atoms with Crippen molar-refractivity contribution in [2.45, 2.75) is 18.9 Å². The van der Waals surface area contributed by atoms with E-state index < -0.39 is 6.10 Å². The van der Waals surface area contributed by atoms with Gasteiger partial charge in [0.05, 0.1) is 11.8 Å². The molecule has 3 rings (SSSR count). The second kappa shape index (κ2) is 6.41. The van der Waals surface area contributed by atoms with Gasteiger partial charge in [0.25, 0.3) is 0 Å². The Kier molecular flexibility index (Phi) is 4.35. The normalized spacial score (nSPS) is 15.4. The molecule has 0 bridgehead atoms. The fourth-order valence-corrected chi connectivity index (χ4v) is 2.87. The number of aromatic nitrogens is 2. The number of nitrogens with one attached hydrogen (secondary N) is 1. The van der Waals surface area contributed by atoms with Gasteiger partial charge < -0.3 is 10.0 Å². The zero-order valence-electron chi connectivity index (χ0n) is 12.3. The Morgan fingerprint density at radius 2 is 2.41 bits per heavy atom. The maximum atomic E-state index is 12.1. The van der Waals surface area contributed by atoms with Crippen molar-refractivity contribution in [2.75, 3.05) is 18.9 Å². The number of hydrogen-bond donors (Lipinski definition) is 2. The molecule has 2 heterocycles. The number of nitrogens with zero attached hydrogens (tertiary/aromatic N) is 3. The van der Waals surface area contributed by atoms with Crippen molar-refractivity contribution in [1.29, 1.82) is 0 Å². The van der Waals surface area contributed by atoms with E-state index in [1.165, 1.54) is 16.2 Å². The molecule has 2 N–H and O–H groups in total. The van der Waals surface area contributed by atoms with Gasteiger partial charge in [-0.1, -0.05) is 0 Å². The SMILES string of the molecule is CN(CC(O)C1CC1)C(=O)Nc1nc(-c2cccnc2)cs1. The Bertz CT molecular complexity index is 642. The van der Waals surface area contributed by atoms with E-state index >= 15 is 0 Å². The van der Waals surface area contributed by atoms with Gasteiger partial charge in [0, 0.05) is 36.9 Å². The first-order chi connectivity index (χ1) is 10.6. The van der Waals surface area contributed by atoms with Crippen molar-refractivity contribution in [2.24, 2.45) is 5.92 Å². The highest BCUT2D eigenvalue weighted by Crippen LogP contribution is 2.32. The second-order valence-electron chi connectivity index (χ2n) is 5.50. The van der Waals surface area contributed by atoms with E-state index in [-0.39, 0.29) is 6.03 Å². The molecule has 2 amide bonds. The van der Waals surface area contributed by atoms with Crippen LogP contribution in [0, 0.1) is 5.92 Å². The fraction of sp³-hybridized carbons (Fsp3) is 0.400. The molecule has 1 atom stereocenters. The zero-order valence-corrected chi connectivity index (χ0v) is 13.1. The van der Waals surface area contributed by atoms with Gasteiger partial charge >= 0.3 is 6.03 Å². The summed E-state index contributed by atoms with van der Waals surface area (Å²) in [7, 11) is 1.68. The Balaban J connectivity index is 1.58. The van der Waals surface area contributed by atoms with Crippen LogP contribution in [0.5, 0.6) is 0 Å². The number of carbonyl (C=O) groups excluding carboxylic acids is 1. The van der Waals surface area contributed by atoms with Crippen molar-refractivity contribution in [3.05, 3.63) is 29.9 Å². The summed E-state index contributed by atoms with van der Waals surface area (Å²) in [6, 6.07) is 3.51. The number of aliphatic hydroxyl groups excluding tert-OH is 1. The first-order valence-electron chi connectivity index (χ1n) is 7.19. The number of thiazole rings is 1. The average molecular weight is 318 g/mol. The van der Waals surface area contributed by atoms with Crippen molar-refractivity contribution in [3.8, 4) is 11.3 Å². The van der Waals surface area contributed by atoms with Gasteiger partial charge in [-0.3, -0.25) is 10.3 Å². The average Bonchev–Trinajstić information content (AvgIpc) is 3.28. The van der Waals surface area contributed by atoms with Crippen LogP contribution in [0.3, 0.4) is 0 Å². The van der Waals surface area contributed by atoms with Crippen molar-refractivity contribution in [3.63, 3.8) is 0 Å². The van der Waals surface area contributed by atoms with E-state index in [0.717, 1.165) is 24.1 Å². The molecule has 0 aromatic carbocycles. The van der Waals surface area contributed by atoms with Gasteiger partial charge in [0.1, 0.15) is 0 Å². The molecule has 2 aromatic rings. The van der Waals surface area contributed by atoms with Crippen molar-refractivity contribution < 1.29 is 9.90 Å². The van der Waals surface area contributed by atoms with Gasteiger partial charge in [-0.05, 0) is 30.9 Å². The van der Waals surface area contributed by atoms with Gasteiger partial charge in [-0.2, -0.15) is 0 Å². The number of likely N-dealkylation sites (N-methyl/N-ethyl adjacent to an activating group) is 1. The molecule has 22 heavy (non-hydrogen) atoms. The van der Waals surface area contributed by atoms with E-state index in [4.69, 9.17) is 0 Å². The summed E-state index contributed by atoms with van der Waals surface area (Å²) in [6.07, 6.45) is 5.12. The molecule has 7 heteroatoms. The largest absolute Gasteiger partial charge is 0.391 e. The van der Waals surface area contributed by atoms with E-state index in [0.29, 0.717) is 17.6 Å². The number of aliphatic hydroxyl groups is 1. The van der Waals surface area contributed by atoms with Crippen LogP contribution in [-0.4, -0.2) is 45.7 Å². The summed E-state index contributed by atoms with van der Waals surface area (Å²) in [5, 5.41) is 15.1. The minimum absolute atomic E-state index is 0.258. The Hall–Kier alpha value is -1.99. The second-order valence-corrected chi connectivity index (χ2v) is 6.35.